The molecule has 0 spiro atoms. The predicted molar refractivity (Wildman–Crippen MR) is 144 cm³/mol. The Labute approximate surface area is 208 Å². The second kappa shape index (κ2) is 11.6. The summed E-state index contributed by atoms with van der Waals surface area (Å²) in [5, 5.41) is 6.01. The van der Waals surface area contributed by atoms with Crippen LogP contribution in [0.15, 0.2) is 78.9 Å². The fourth-order valence-electron chi connectivity index (χ4n) is 4.42. The molecular formula is C28H35N5O2. The molecule has 2 amide bonds. The number of hydrogen-bond acceptors (Lipinski definition) is 5. The monoisotopic (exact) mass is 473 g/mol. The maximum absolute atomic E-state index is 12.7. The number of rotatable bonds is 8. The number of urea groups is 1. The molecule has 1 atom stereocenters. The Bertz CT molecular complexity index is 1060. The van der Waals surface area contributed by atoms with Crippen molar-refractivity contribution in [3.05, 3.63) is 84.4 Å². The zero-order valence-corrected chi connectivity index (χ0v) is 20.8. The molecule has 1 unspecified atom stereocenters. The Balaban J connectivity index is 1.42. The minimum Gasteiger partial charge on any atom is -0.497 e. The van der Waals surface area contributed by atoms with Crippen LogP contribution in [0.5, 0.6) is 5.75 Å². The molecule has 7 heteroatoms. The summed E-state index contributed by atoms with van der Waals surface area (Å²) in [6.45, 7) is 4.28. The number of ether oxygens (including phenoxy) is 1. The summed E-state index contributed by atoms with van der Waals surface area (Å²) < 4.78 is 5.19. The summed E-state index contributed by atoms with van der Waals surface area (Å²) in [7, 11) is 5.71. The Hall–Kier alpha value is -3.71. The van der Waals surface area contributed by atoms with Gasteiger partial charge in [0.25, 0.3) is 0 Å². The van der Waals surface area contributed by atoms with E-state index in [2.05, 4.69) is 79.9 Å². The number of nitrogens with zero attached hydrogens (tertiary/aromatic N) is 3. The van der Waals surface area contributed by atoms with Crippen molar-refractivity contribution in [1.82, 2.24) is 10.2 Å². The predicted octanol–water partition coefficient (Wildman–Crippen LogP) is 4.45. The van der Waals surface area contributed by atoms with Crippen LogP contribution in [0.4, 0.5) is 21.9 Å². The highest BCUT2D eigenvalue weighted by molar-refractivity contribution is 5.89. The van der Waals surface area contributed by atoms with E-state index in [-0.39, 0.29) is 12.1 Å². The van der Waals surface area contributed by atoms with Crippen LogP contribution >= 0.6 is 0 Å². The van der Waals surface area contributed by atoms with Gasteiger partial charge in [0.15, 0.2) is 0 Å². The van der Waals surface area contributed by atoms with Gasteiger partial charge >= 0.3 is 6.03 Å². The maximum Gasteiger partial charge on any atom is 0.319 e. The Morgan fingerprint density at radius 3 is 2.17 bits per heavy atom. The standard InChI is InChI=1S/C28H35N5O2/c1-31(2)24-13-9-22(10-14-24)27(21-29-28(34)30-23-11-15-26(35-3)16-12-23)33-19-17-32(18-20-33)25-7-5-4-6-8-25/h4-16,27H,17-21H2,1-3H3,(H2,29,30,34). The molecule has 0 radical (unpaired) electrons. The van der Waals surface area contributed by atoms with Gasteiger partial charge in [-0.25, -0.2) is 4.79 Å². The molecule has 2 N–H and O–H groups in total. The number of para-hydroxylation sites is 1. The fourth-order valence-corrected chi connectivity index (χ4v) is 4.42. The molecule has 184 valence electrons. The van der Waals surface area contributed by atoms with E-state index in [0.717, 1.165) is 43.3 Å². The number of benzene rings is 3. The molecule has 1 heterocycles. The first-order chi connectivity index (χ1) is 17.0. The molecule has 0 aliphatic carbocycles. The highest BCUT2D eigenvalue weighted by Gasteiger charge is 2.26. The van der Waals surface area contributed by atoms with Gasteiger partial charge in [0.1, 0.15) is 5.75 Å². The molecule has 0 bridgehead atoms. The van der Waals surface area contributed by atoms with Gasteiger partial charge in [0, 0.05) is 63.9 Å². The molecule has 3 aromatic rings. The minimum absolute atomic E-state index is 0.0887. The summed E-state index contributed by atoms with van der Waals surface area (Å²) in [4.78, 5) is 19.7. The van der Waals surface area contributed by atoms with Crippen molar-refractivity contribution in [2.45, 2.75) is 6.04 Å². The quantitative estimate of drug-likeness (QED) is 0.506. The van der Waals surface area contributed by atoms with Crippen molar-refractivity contribution >= 4 is 23.1 Å². The van der Waals surface area contributed by atoms with Gasteiger partial charge < -0.3 is 25.2 Å². The van der Waals surface area contributed by atoms with Crippen molar-refractivity contribution in [3.63, 3.8) is 0 Å². The fraction of sp³-hybridized carbons (Fsp3) is 0.321. The van der Waals surface area contributed by atoms with E-state index in [1.165, 1.54) is 11.3 Å². The SMILES string of the molecule is COc1ccc(NC(=O)NCC(c2ccc(N(C)C)cc2)N2CCN(c3ccccc3)CC2)cc1. The van der Waals surface area contributed by atoms with Crippen molar-refractivity contribution in [1.29, 1.82) is 0 Å². The molecule has 1 saturated heterocycles. The first kappa shape index (κ1) is 24.4. The molecule has 1 fully saturated rings. The molecule has 3 aromatic carbocycles. The number of nitrogens with one attached hydrogen (secondary N) is 2. The van der Waals surface area contributed by atoms with E-state index in [0.29, 0.717) is 6.54 Å². The Morgan fingerprint density at radius 1 is 0.914 bits per heavy atom. The van der Waals surface area contributed by atoms with Crippen molar-refractivity contribution in [2.75, 3.05) is 69.0 Å². The third-order valence-electron chi connectivity index (χ3n) is 6.47. The number of carbonyl (C=O) groups is 1. The normalized spacial score (nSPS) is 14.8. The molecule has 0 aromatic heterocycles. The largest absolute Gasteiger partial charge is 0.497 e. The molecule has 4 rings (SSSR count). The zero-order chi connectivity index (χ0) is 24.6. The van der Waals surface area contributed by atoms with Crippen LogP contribution in [-0.4, -0.2) is 64.9 Å². The van der Waals surface area contributed by atoms with Crippen molar-refractivity contribution < 1.29 is 9.53 Å². The van der Waals surface area contributed by atoms with Crippen LogP contribution in [0, 0.1) is 0 Å². The van der Waals surface area contributed by atoms with Crippen LogP contribution < -0.4 is 25.2 Å². The number of carbonyl (C=O) groups excluding carboxylic acids is 1. The van der Waals surface area contributed by atoms with Gasteiger partial charge in [-0.05, 0) is 54.1 Å². The number of piperazine rings is 1. The summed E-state index contributed by atoms with van der Waals surface area (Å²) in [5.41, 5.74) is 4.35. The number of hydrogen-bond donors (Lipinski definition) is 2. The lowest BCUT2D eigenvalue weighted by atomic mass is 10.0. The van der Waals surface area contributed by atoms with Crippen LogP contribution in [0.3, 0.4) is 0 Å². The molecule has 1 aliphatic rings. The van der Waals surface area contributed by atoms with Crippen LogP contribution in [-0.2, 0) is 0 Å². The number of methoxy groups -OCH3 is 1. The zero-order valence-electron chi connectivity index (χ0n) is 20.8. The molecule has 7 nitrogen and oxygen atoms in total. The molecular weight excluding hydrogens is 438 g/mol. The van der Waals surface area contributed by atoms with Gasteiger partial charge in [0.05, 0.1) is 13.2 Å². The van der Waals surface area contributed by atoms with Gasteiger partial charge in [-0.15, -0.1) is 0 Å². The van der Waals surface area contributed by atoms with Crippen LogP contribution in [0.2, 0.25) is 0 Å². The molecule has 35 heavy (non-hydrogen) atoms. The number of amides is 2. The second-order valence-electron chi connectivity index (χ2n) is 8.92. The maximum atomic E-state index is 12.7. The lowest BCUT2D eigenvalue weighted by Crippen LogP contribution is -2.50. The topological polar surface area (TPSA) is 60.1 Å². The number of anilines is 3. The van der Waals surface area contributed by atoms with Gasteiger partial charge in [0.2, 0.25) is 0 Å². The van der Waals surface area contributed by atoms with Gasteiger partial charge in [-0.3, -0.25) is 4.90 Å². The summed E-state index contributed by atoms with van der Waals surface area (Å²) >= 11 is 0. The summed E-state index contributed by atoms with van der Waals surface area (Å²) in [5.74, 6) is 0.756. The highest BCUT2D eigenvalue weighted by Crippen LogP contribution is 2.26. The van der Waals surface area contributed by atoms with Gasteiger partial charge in [-0.1, -0.05) is 30.3 Å². The lowest BCUT2D eigenvalue weighted by Gasteiger charge is -2.40. The van der Waals surface area contributed by atoms with E-state index in [9.17, 15) is 4.79 Å². The minimum atomic E-state index is -0.215. The third-order valence-corrected chi connectivity index (χ3v) is 6.47. The van der Waals surface area contributed by atoms with Crippen molar-refractivity contribution in [3.8, 4) is 5.75 Å². The third kappa shape index (κ3) is 6.45. The smallest absolute Gasteiger partial charge is 0.319 e. The van der Waals surface area contributed by atoms with E-state index in [1.54, 1.807) is 7.11 Å². The average Bonchev–Trinajstić information content (AvgIpc) is 2.90. The Kier molecular flexibility index (Phi) is 8.11. The molecule has 1 aliphatic heterocycles. The van der Waals surface area contributed by atoms with Gasteiger partial charge in [-0.2, -0.15) is 0 Å². The van der Waals surface area contributed by atoms with E-state index in [1.807, 2.05) is 38.4 Å². The lowest BCUT2D eigenvalue weighted by molar-refractivity contribution is 0.182. The first-order valence-electron chi connectivity index (χ1n) is 12.0. The average molecular weight is 474 g/mol. The summed E-state index contributed by atoms with van der Waals surface area (Å²) in [6, 6.07) is 26.4. The van der Waals surface area contributed by atoms with E-state index < -0.39 is 0 Å². The second-order valence-corrected chi connectivity index (χ2v) is 8.92. The van der Waals surface area contributed by atoms with E-state index >= 15 is 0 Å². The summed E-state index contributed by atoms with van der Waals surface area (Å²) in [6.07, 6.45) is 0. The van der Waals surface area contributed by atoms with Crippen LogP contribution in [0.1, 0.15) is 11.6 Å². The first-order valence-corrected chi connectivity index (χ1v) is 12.0. The highest BCUT2D eigenvalue weighted by atomic mass is 16.5. The van der Waals surface area contributed by atoms with Crippen molar-refractivity contribution in [2.24, 2.45) is 0 Å². The molecule has 0 saturated carbocycles. The van der Waals surface area contributed by atoms with E-state index in [4.69, 9.17) is 4.74 Å². The Morgan fingerprint density at radius 2 is 1.57 bits per heavy atom. The van der Waals surface area contributed by atoms with Crippen LogP contribution in [0.25, 0.3) is 0 Å².